The molecule has 0 aliphatic carbocycles. The summed E-state index contributed by atoms with van der Waals surface area (Å²) < 4.78 is 139. The molecule has 4 amide bonds. The van der Waals surface area contributed by atoms with Crippen molar-refractivity contribution in [3.63, 3.8) is 0 Å². The lowest BCUT2D eigenvalue weighted by atomic mass is 10.0. The largest absolute Gasteiger partial charge is 0.496 e. The number of ether oxygens (including phenoxy) is 1. The van der Waals surface area contributed by atoms with E-state index in [2.05, 4.69) is 99.5 Å². The number of aromatic nitrogens is 8. The number of nitrogens with one attached hydrogen (secondary N) is 9. The molecule has 0 radical (unpaired) electrons. The number of fused-ring (bicyclic) bond motifs is 1. The maximum absolute atomic E-state index is 14.9. The molecule has 9 aromatic rings. The maximum atomic E-state index is 14.9. The number of alkyl halides is 9. The minimum atomic E-state index is -4.80. The first-order chi connectivity index (χ1) is 60.6. The van der Waals surface area contributed by atoms with Crippen LogP contribution in [0.25, 0.3) is 27.5 Å². The summed E-state index contributed by atoms with van der Waals surface area (Å²) in [6, 6.07) is 15.9. The Morgan fingerprint density at radius 1 is 0.614 bits per heavy atom. The lowest BCUT2D eigenvalue weighted by molar-refractivity contribution is -0.139. The molecule has 2 saturated heterocycles. The first-order valence-electron chi connectivity index (χ1n) is 40.5. The highest BCUT2D eigenvalue weighted by atomic mass is 32.1. The van der Waals surface area contributed by atoms with Crippen molar-refractivity contribution in [2.24, 2.45) is 4.99 Å². The van der Waals surface area contributed by atoms with Crippen molar-refractivity contribution in [1.29, 1.82) is 0 Å². The van der Waals surface area contributed by atoms with Crippen LogP contribution < -0.4 is 73.1 Å². The number of anilines is 8. The van der Waals surface area contributed by atoms with Gasteiger partial charge in [0.25, 0.3) is 17.7 Å². The molecular weight excluding hydrogens is 1680 g/mol. The zero-order valence-electron chi connectivity index (χ0n) is 70.4. The molecule has 3 aromatic carbocycles. The van der Waals surface area contributed by atoms with E-state index in [0.717, 1.165) is 38.4 Å². The second-order valence-electron chi connectivity index (χ2n) is 31.0. The molecule has 6 aliphatic heterocycles. The average molecular weight is 1770 g/mol. The van der Waals surface area contributed by atoms with Crippen molar-refractivity contribution < 1.29 is 63.4 Å². The van der Waals surface area contributed by atoms with E-state index in [1.807, 2.05) is 60.4 Å². The highest BCUT2D eigenvalue weighted by Crippen LogP contribution is 2.44. The molecule has 0 spiro atoms. The number of aliphatic imine (C=N–C) groups is 1. The Morgan fingerprint density at radius 3 is 1.77 bits per heavy atom. The summed E-state index contributed by atoms with van der Waals surface area (Å²) in [5, 5.41) is 26.4. The average Bonchev–Trinajstić information content (AvgIpc) is 1.53. The Bertz CT molecular complexity index is 6000. The molecule has 662 valence electrons. The van der Waals surface area contributed by atoms with Crippen LogP contribution in [0, 0.1) is 26.8 Å². The second kappa shape index (κ2) is 36.5. The van der Waals surface area contributed by atoms with Gasteiger partial charge in [-0.1, -0.05) is 49.1 Å². The van der Waals surface area contributed by atoms with E-state index in [1.165, 1.54) is 91.0 Å². The van der Waals surface area contributed by atoms with Crippen molar-refractivity contribution >= 4 is 91.8 Å². The number of hydrazine groups is 4. The van der Waals surface area contributed by atoms with Crippen LogP contribution in [0.3, 0.4) is 0 Å². The standard InChI is InChI=1S/C85H88F9N27O5S/c1-11-113-13-17-115(18-14-113)70-29-60(26-62(49(70)6)83(86,87)88)105-80(124)57-24-73(121-45-69(109-112-121)76-40-102-82(127-76)103-52(9)122)65(99-36-57)38-96-32-53-21-54(33-95-31-53)66-43-120(110-107-66)74-25-58(81(125)106-61-27-63(84(89,90)91)50(7)71(30-61)116-19-15-114(12-2)16-20-116)37-100-67(74)42-117-46-77-101-39-75(118(77)41-48(117)5)68-44-119(111-108-68)72-23-56(35-98-51(72)8)79(123)104-59-22-55(34-97-47(3)4)78(126-10)64(28-59)85(92,93)94/h21-31,33,35-37,39-41,43-47,75,97H,11-20,34,38,42H2,1-10H3,(H7-,102,103,104,105,106,107,108,109,110,111,112,122,123,124,125)/p+1. The molecule has 9 N–H and O–H groups in total. The SMILES string of the molecule is CCN1CCN(c2cc(NC(=O)c3cnc(C[N+]#Cc4cncc(-c5cn(-c6cc(C(=O)Nc7cc(N8CCN(CC)CC8)c(C)c(C(F)(F)F)c7)cnc6CN6C=C7N=CC(C8=CN(c9cc(C(=O)Nc%10cc(CNC(C)C)c(OC)c(C(F)(F)F)c%10)cnc9C)NN8)N7C=C6C)nn5)c4)c(N4C=C(c5cnc(NC(C)=O)s5)NN4)c3)cc(C(F)(F)F)c2C)CC1. The lowest BCUT2D eigenvalue weighted by Crippen LogP contribution is -2.46. The number of hydrogen-bond donors (Lipinski definition) is 9. The molecule has 1 atom stereocenters. The van der Waals surface area contributed by atoms with Gasteiger partial charge in [-0.15, -0.1) is 16.2 Å². The zero-order chi connectivity index (χ0) is 90.1. The molecule has 32 nitrogen and oxygen atoms in total. The predicted molar refractivity (Wildman–Crippen MR) is 462 cm³/mol. The Kier molecular flexibility index (Phi) is 25.4. The Hall–Kier alpha value is -13.6. The number of pyridine rings is 4. The number of carbonyl (C=O) groups excluding carboxylic acids is 4. The van der Waals surface area contributed by atoms with E-state index in [1.54, 1.807) is 73.4 Å². The van der Waals surface area contributed by atoms with Crippen LogP contribution in [-0.2, 0) is 43.0 Å². The lowest BCUT2D eigenvalue weighted by Gasteiger charge is -2.37. The first-order valence-corrected chi connectivity index (χ1v) is 41.3. The van der Waals surface area contributed by atoms with Crippen LogP contribution in [-0.4, -0.2) is 174 Å². The van der Waals surface area contributed by atoms with Crippen molar-refractivity contribution in [3.05, 3.63) is 228 Å². The first kappa shape index (κ1) is 88.3. The van der Waals surface area contributed by atoms with Crippen LogP contribution in [0.4, 0.5) is 84.5 Å². The minimum Gasteiger partial charge on any atom is -0.496 e. The van der Waals surface area contributed by atoms with Crippen LogP contribution >= 0.6 is 11.3 Å². The molecule has 127 heavy (non-hydrogen) atoms. The monoisotopic (exact) mass is 1770 g/mol. The number of nitrogens with zero attached hydrogens (tertiary/aromatic N) is 18. The van der Waals surface area contributed by atoms with Crippen molar-refractivity contribution in [1.82, 2.24) is 86.8 Å². The number of carbonyl (C=O) groups is 4. The van der Waals surface area contributed by atoms with Gasteiger partial charge in [0.2, 0.25) is 5.91 Å². The maximum Gasteiger partial charge on any atom is 0.420 e. The predicted octanol–water partition coefficient (Wildman–Crippen LogP) is 12.8. The smallest absolute Gasteiger partial charge is 0.420 e. The van der Waals surface area contributed by atoms with Crippen LogP contribution in [0.5, 0.6) is 5.75 Å². The van der Waals surface area contributed by atoms with Gasteiger partial charge < -0.3 is 71.6 Å². The zero-order valence-corrected chi connectivity index (χ0v) is 71.3. The summed E-state index contributed by atoms with van der Waals surface area (Å²) in [4.78, 5) is 99.6. The highest BCUT2D eigenvalue weighted by molar-refractivity contribution is 7.16. The van der Waals surface area contributed by atoms with E-state index < -0.39 is 59.0 Å². The van der Waals surface area contributed by atoms with Crippen molar-refractivity contribution in [2.75, 3.05) is 114 Å². The van der Waals surface area contributed by atoms with Gasteiger partial charge in [-0.25, -0.2) is 14.7 Å². The van der Waals surface area contributed by atoms with Crippen LogP contribution in [0.2, 0.25) is 0 Å². The summed E-state index contributed by atoms with van der Waals surface area (Å²) >= 11 is 1.18. The fourth-order valence-electron chi connectivity index (χ4n) is 15.3. The molecule has 12 heterocycles. The summed E-state index contributed by atoms with van der Waals surface area (Å²) in [7, 11) is 1.16. The molecule has 42 heteroatoms. The summed E-state index contributed by atoms with van der Waals surface area (Å²) in [5.41, 5.74) is 15.2. The van der Waals surface area contributed by atoms with Gasteiger partial charge in [-0.2, -0.15) is 39.5 Å². The molecule has 2 fully saturated rings. The number of piperazine rings is 2. The van der Waals surface area contributed by atoms with Gasteiger partial charge >= 0.3 is 31.1 Å². The number of hydrogen-bond acceptors (Lipinski definition) is 27. The third kappa shape index (κ3) is 19.7. The topological polar surface area (TPSA) is 324 Å². The van der Waals surface area contributed by atoms with E-state index in [-0.39, 0.29) is 99.2 Å². The Balaban J connectivity index is 0.698. The molecule has 6 aliphatic rings. The summed E-state index contributed by atoms with van der Waals surface area (Å²) in [5.74, 6) is -2.45. The molecule has 0 bridgehead atoms. The van der Waals surface area contributed by atoms with Gasteiger partial charge in [0.1, 0.15) is 34.6 Å². The van der Waals surface area contributed by atoms with Gasteiger partial charge in [-0.05, 0) is 113 Å². The van der Waals surface area contributed by atoms with Gasteiger partial charge in [0.05, 0.1) is 98.0 Å². The molecule has 6 aromatic heterocycles. The fraction of sp³-hybridized carbons (Fsp3) is 0.329. The number of aryl methyl sites for hydroxylation is 1. The van der Waals surface area contributed by atoms with Crippen molar-refractivity contribution in [3.8, 4) is 28.8 Å². The summed E-state index contributed by atoms with van der Waals surface area (Å²) in [6.07, 6.45) is 4.55. The number of likely N-dealkylation sites (N-methyl/N-ethyl adjacent to an activating group) is 2. The number of thiazole rings is 1. The quantitative estimate of drug-likeness (QED) is 0.0254. The Morgan fingerprint density at radius 2 is 1.18 bits per heavy atom. The number of allylic oxidation sites excluding steroid dienone is 1. The van der Waals surface area contributed by atoms with E-state index in [9.17, 15) is 58.7 Å². The van der Waals surface area contributed by atoms with E-state index >= 15 is 0 Å². The number of rotatable bonds is 24. The second-order valence-corrected chi connectivity index (χ2v) is 32.0. The van der Waals surface area contributed by atoms with Crippen LogP contribution in [0.15, 0.2) is 151 Å². The van der Waals surface area contributed by atoms with Gasteiger partial charge in [0, 0.05) is 185 Å². The Labute approximate surface area is 727 Å². The normalized spacial score (nSPS) is 16.2. The highest BCUT2D eigenvalue weighted by Gasteiger charge is 2.41. The van der Waals surface area contributed by atoms with E-state index in [4.69, 9.17) is 14.7 Å². The third-order valence-electron chi connectivity index (χ3n) is 22.1. The van der Waals surface area contributed by atoms with Crippen molar-refractivity contribution in [2.45, 2.75) is 113 Å². The number of benzene rings is 3. The molecule has 1 unspecified atom stereocenters. The molecule has 0 saturated carbocycles. The fourth-order valence-corrected chi connectivity index (χ4v) is 16.1. The van der Waals surface area contributed by atoms with Gasteiger partial charge in [-0.3, -0.25) is 49.1 Å². The summed E-state index contributed by atoms with van der Waals surface area (Å²) in [6.45, 7) is 21.5. The number of halogens is 9. The van der Waals surface area contributed by atoms with E-state index in [0.29, 0.717) is 136 Å². The molecular formula is C85H89F9N27O5S+. The third-order valence-corrected chi connectivity index (χ3v) is 23.1. The molecule has 15 rings (SSSR count). The van der Waals surface area contributed by atoms with Crippen LogP contribution in [0.1, 0.15) is 134 Å². The minimum absolute atomic E-state index is 0.0172. The van der Waals surface area contributed by atoms with Gasteiger partial charge in [0.15, 0.2) is 5.13 Å². The number of amides is 4. The number of methoxy groups -OCH3 is 1.